The molecule has 0 saturated heterocycles. The average molecular weight is 297 g/mol. The lowest BCUT2D eigenvalue weighted by molar-refractivity contribution is -0.386. The van der Waals surface area contributed by atoms with Gasteiger partial charge in [-0.15, -0.1) is 0 Å². The summed E-state index contributed by atoms with van der Waals surface area (Å²) in [6.07, 6.45) is 0.988. The Morgan fingerprint density at radius 2 is 1.90 bits per heavy atom. The molecule has 0 aliphatic rings. The van der Waals surface area contributed by atoms with E-state index in [-0.39, 0.29) is 16.6 Å². The van der Waals surface area contributed by atoms with Crippen molar-refractivity contribution in [3.05, 3.63) is 56.0 Å². The minimum absolute atomic E-state index is 0.0251. The lowest BCUT2D eigenvalue weighted by Crippen LogP contribution is -1.98. The molecule has 0 bridgehead atoms. The largest absolute Gasteiger partial charge is 0.433 e. The lowest BCUT2D eigenvalue weighted by Gasteiger charge is -2.05. The molecule has 10 heteroatoms. The van der Waals surface area contributed by atoms with Crippen LogP contribution in [0.2, 0.25) is 5.15 Å². The van der Waals surface area contributed by atoms with Crippen LogP contribution in [-0.2, 0) is 0 Å². The van der Waals surface area contributed by atoms with Crippen LogP contribution in [0.15, 0.2) is 30.6 Å². The van der Waals surface area contributed by atoms with Gasteiger partial charge in [-0.2, -0.15) is 4.98 Å². The summed E-state index contributed by atoms with van der Waals surface area (Å²) in [7, 11) is 0. The van der Waals surface area contributed by atoms with Crippen LogP contribution < -0.4 is 4.74 Å². The van der Waals surface area contributed by atoms with Crippen molar-refractivity contribution in [2.24, 2.45) is 0 Å². The zero-order chi connectivity index (χ0) is 14.7. The van der Waals surface area contributed by atoms with Crippen LogP contribution in [0, 0.1) is 20.2 Å². The predicted molar refractivity (Wildman–Crippen MR) is 66.9 cm³/mol. The first-order valence-corrected chi connectivity index (χ1v) is 5.44. The van der Waals surface area contributed by atoms with Crippen LogP contribution in [-0.4, -0.2) is 19.8 Å². The fraction of sp³-hybridized carbons (Fsp3) is 0. The standard InChI is InChI=1S/C10H5ClN4O5/c11-9-8(15(18)19)10(13-5-12-9)20-7-3-1-2-6(4-7)14(16)17/h1-5H. The van der Waals surface area contributed by atoms with Crippen molar-refractivity contribution in [1.29, 1.82) is 0 Å². The maximum atomic E-state index is 10.9. The van der Waals surface area contributed by atoms with E-state index in [0.717, 1.165) is 12.4 Å². The Morgan fingerprint density at radius 3 is 2.55 bits per heavy atom. The van der Waals surface area contributed by atoms with E-state index in [9.17, 15) is 20.2 Å². The Kier molecular flexibility index (Phi) is 3.71. The quantitative estimate of drug-likeness (QED) is 0.483. The zero-order valence-electron chi connectivity index (χ0n) is 9.59. The maximum absolute atomic E-state index is 10.9. The van der Waals surface area contributed by atoms with Gasteiger partial charge in [0.05, 0.1) is 15.9 Å². The third-order valence-corrected chi connectivity index (χ3v) is 2.45. The fourth-order valence-electron chi connectivity index (χ4n) is 1.34. The van der Waals surface area contributed by atoms with Gasteiger partial charge in [0.15, 0.2) is 0 Å². The summed E-state index contributed by atoms with van der Waals surface area (Å²) < 4.78 is 5.16. The molecule has 102 valence electrons. The van der Waals surface area contributed by atoms with E-state index >= 15 is 0 Å². The summed E-state index contributed by atoms with van der Waals surface area (Å²) in [5, 5.41) is 21.1. The number of non-ortho nitro benzene ring substituents is 1. The molecule has 0 atom stereocenters. The van der Waals surface area contributed by atoms with E-state index in [0.29, 0.717) is 0 Å². The Labute approximate surface area is 116 Å². The highest BCUT2D eigenvalue weighted by Gasteiger charge is 2.24. The van der Waals surface area contributed by atoms with Gasteiger partial charge in [-0.05, 0) is 6.07 Å². The van der Waals surface area contributed by atoms with Gasteiger partial charge in [-0.1, -0.05) is 17.7 Å². The minimum Gasteiger partial charge on any atom is -0.433 e. The molecule has 0 spiro atoms. The smallest absolute Gasteiger partial charge is 0.368 e. The number of hydrogen-bond acceptors (Lipinski definition) is 7. The van der Waals surface area contributed by atoms with Gasteiger partial charge in [0.2, 0.25) is 5.15 Å². The third-order valence-electron chi connectivity index (χ3n) is 2.17. The number of benzene rings is 1. The Morgan fingerprint density at radius 1 is 1.15 bits per heavy atom. The molecule has 2 aromatic rings. The van der Waals surface area contributed by atoms with Crippen molar-refractivity contribution in [3.63, 3.8) is 0 Å². The van der Waals surface area contributed by atoms with E-state index in [4.69, 9.17) is 16.3 Å². The second-order valence-electron chi connectivity index (χ2n) is 3.43. The third kappa shape index (κ3) is 2.78. The molecule has 9 nitrogen and oxygen atoms in total. The van der Waals surface area contributed by atoms with Gasteiger partial charge in [-0.3, -0.25) is 20.2 Å². The first-order chi connectivity index (χ1) is 9.49. The molecule has 0 aliphatic heterocycles. The molecule has 0 amide bonds. The van der Waals surface area contributed by atoms with Crippen molar-refractivity contribution in [1.82, 2.24) is 9.97 Å². The molecule has 20 heavy (non-hydrogen) atoms. The zero-order valence-corrected chi connectivity index (χ0v) is 10.4. The van der Waals surface area contributed by atoms with Crippen LogP contribution in [0.1, 0.15) is 0 Å². The number of nitrogens with zero attached hydrogens (tertiary/aromatic N) is 4. The molecule has 0 radical (unpaired) electrons. The van der Waals surface area contributed by atoms with Crippen molar-refractivity contribution in [3.8, 4) is 11.6 Å². The number of hydrogen-bond donors (Lipinski definition) is 0. The second kappa shape index (κ2) is 5.45. The van der Waals surface area contributed by atoms with Crippen LogP contribution >= 0.6 is 11.6 Å². The molecule has 1 aromatic carbocycles. The minimum atomic E-state index is -0.797. The first kappa shape index (κ1) is 13.6. The summed E-state index contributed by atoms with van der Waals surface area (Å²) in [5.41, 5.74) is -0.828. The molecule has 0 N–H and O–H groups in total. The van der Waals surface area contributed by atoms with Crippen molar-refractivity contribution in [2.75, 3.05) is 0 Å². The molecule has 0 aliphatic carbocycles. The maximum Gasteiger partial charge on any atom is 0.368 e. The highest BCUT2D eigenvalue weighted by atomic mass is 35.5. The van der Waals surface area contributed by atoms with Crippen LogP contribution in [0.3, 0.4) is 0 Å². The molecule has 1 heterocycles. The summed E-state index contributed by atoms with van der Waals surface area (Å²) in [4.78, 5) is 27.2. The summed E-state index contributed by atoms with van der Waals surface area (Å²) in [5.74, 6) is -0.368. The molecular weight excluding hydrogens is 292 g/mol. The molecule has 0 unspecified atom stereocenters. The van der Waals surface area contributed by atoms with Crippen LogP contribution in [0.25, 0.3) is 0 Å². The number of halogens is 1. The number of nitro benzene ring substituents is 1. The van der Waals surface area contributed by atoms with Crippen molar-refractivity contribution >= 4 is 23.0 Å². The van der Waals surface area contributed by atoms with Crippen molar-refractivity contribution in [2.45, 2.75) is 0 Å². The van der Waals surface area contributed by atoms with E-state index in [1.165, 1.54) is 18.2 Å². The van der Waals surface area contributed by atoms with Crippen LogP contribution in [0.5, 0.6) is 11.6 Å². The van der Waals surface area contributed by atoms with Gasteiger partial charge in [-0.25, -0.2) is 4.98 Å². The number of ether oxygens (including phenoxy) is 1. The highest BCUT2D eigenvalue weighted by Crippen LogP contribution is 2.34. The van der Waals surface area contributed by atoms with Crippen molar-refractivity contribution < 1.29 is 14.6 Å². The Bertz CT molecular complexity index is 693. The monoisotopic (exact) mass is 296 g/mol. The SMILES string of the molecule is O=[N+]([O-])c1cccc(Oc2ncnc(Cl)c2[N+](=O)[O-])c1. The second-order valence-corrected chi connectivity index (χ2v) is 3.79. The predicted octanol–water partition coefficient (Wildman–Crippen LogP) is 2.74. The molecular formula is C10H5ClN4O5. The topological polar surface area (TPSA) is 121 Å². The van der Waals surface area contributed by atoms with Gasteiger partial charge < -0.3 is 4.74 Å². The lowest BCUT2D eigenvalue weighted by atomic mass is 10.3. The summed E-state index contributed by atoms with van der Waals surface area (Å²) in [6.45, 7) is 0. The first-order valence-electron chi connectivity index (χ1n) is 5.06. The molecule has 1 aromatic heterocycles. The van der Waals surface area contributed by atoms with Gasteiger partial charge >= 0.3 is 11.6 Å². The van der Waals surface area contributed by atoms with Gasteiger partial charge in [0.25, 0.3) is 5.69 Å². The van der Waals surface area contributed by atoms with E-state index in [2.05, 4.69) is 9.97 Å². The Balaban J connectivity index is 2.40. The fourth-order valence-corrected chi connectivity index (χ4v) is 1.54. The normalized spacial score (nSPS) is 10.1. The molecule has 2 rings (SSSR count). The summed E-state index contributed by atoms with van der Waals surface area (Å²) >= 11 is 5.59. The molecule has 0 saturated carbocycles. The number of rotatable bonds is 4. The average Bonchev–Trinajstić information content (AvgIpc) is 2.38. The molecule has 0 fully saturated rings. The number of nitro groups is 2. The number of aromatic nitrogens is 2. The highest BCUT2D eigenvalue weighted by molar-refractivity contribution is 6.31. The van der Waals surface area contributed by atoms with Crippen LogP contribution in [0.4, 0.5) is 11.4 Å². The summed E-state index contributed by atoms with van der Waals surface area (Å²) in [6, 6.07) is 5.14. The Hall–Kier alpha value is -2.81. The van der Waals surface area contributed by atoms with Gasteiger partial charge in [0.1, 0.15) is 12.1 Å². The van der Waals surface area contributed by atoms with E-state index < -0.39 is 21.4 Å². The van der Waals surface area contributed by atoms with E-state index in [1.54, 1.807) is 0 Å². The van der Waals surface area contributed by atoms with Gasteiger partial charge in [0, 0.05) is 6.07 Å². The van der Waals surface area contributed by atoms with E-state index in [1.807, 2.05) is 0 Å².